The molecule has 2 aromatic rings. The number of nitrogens with zero attached hydrogens (tertiary/aromatic N) is 6. The van der Waals surface area contributed by atoms with Gasteiger partial charge in [0.15, 0.2) is 5.83 Å². The largest absolute Gasteiger partial charge is 0.475 e. The molecule has 3 aliphatic rings. The summed E-state index contributed by atoms with van der Waals surface area (Å²) in [6, 6.07) is 5.21. The number of rotatable bonds is 6. The Bertz CT molecular complexity index is 1460. The van der Waals surface area contributed by atoms with Gasteiger partial charge in [0.1, 0.15) is 29.6 Å². The van der Waals surface area contributed by atoms with Crippen LogP contribution in [0.1, 0.15) is 42.1 Å². The van der Waals surface area contributed by atoms with E-state index in [2.05, 4.69) is 22.5 Å². The number of hydrogen-bond acceptors (Lipinski definition) is 7. The number of halogens is 5. The fraction of sp³-hybridized carbons (Fsp3) is 0.500. The summed E-state index contributed by atoms with van der Waals surface area (Å²) in [5.74, 6) is -3.12. The number of hydrogen-bond donors (Lipinski definition) is 0. The maximum atomic E-state index is 14.4. The lowest BCUT2D eigenvalue weighted by Crippen LogP contribution is -2.54. The van der Waals surface area contributed by atoms with E-state index >= 15 is 0 Å². The Morgan fingerprint density at radius 2 is 1.98 bits per heavy atom. The van der Waals surface area contributed by atoms with Crippen molar-refractivity contribution in [2.45, 2.75) is 51.0 Å². The molecule has 1 amide bonds. The Balaban J connectivity index is 1.54. The molecule has 13 heteroatoms. The molecule has 5 rings (SSSR count). The smallest absolute Gasteiger partial charge is 0.421 e. The summed E-state index contributed by atoms with van der Waals surface area (Å²) in [5, 5.41) is 10.3. The van der Waals surface area contributed by atoms with Crippen molar-refractivity contribution in [3.05, 3.63) is 58.8 Å². The Morgan fingerprint density at radius 3 is 2.60 bits per heavy atom. The van der Waals surface area contributed by atoms with Crippen molar-refractivity contribution in [1.29, 1.82) is 5.26 Å². The van der Waals surface area contributed by atoms with Crippen LogP contribution in [0, 0.1) is 17.1 Å². The number of ether oxygens (including phenoxy) is 1. The molecule has 4 heterocycles. The first-order valence-corrected chi connectivity index (χ1v) is 14.2. The zero-order chi connectivity index (χ0) is 31.1. The molecule has 43 heavy (non-hydrogen) atoms. The Hall–Kier alpha value is -3.92. The minimum absolute atomic E-state index is 0.0596. The van der Waals surface area contributed by atoms with Crippen LogP contribution in [0.25, 0.3) is 0 Å². The molecule has 0 spiro atoms. The number of benzene rings is 1. The number of piperazine rings is 1. The first kappa shape index (κ1) is 30.5. The zero-order valence-electron chi connectivity index (χ0n) is 24.1. The van der Waals surface area contributed by atoms with Gasteiger partial charge in [0.2, 0.25) is 5.88 Å². The van der Waals surface area contributed by atoms with Crippen LogP contribution in [-0.2, 0) is 23.9 Å². The van der Waals surface area contributed by atoms with Crippen LogP contribution in [0.2, 0.25) is 0 Å². The second-order valence-electron chi connectivity index (χ2n) is 11.3. The second-order valence-corrected chi connectivity index (χ2v) is 11.3. The monoisotopic (exact) mass is 604 g/mol. The molecule has 0 aliphatic carbocycles. The van der Waals surface area contributed by atoms with Gasteiger partial charge in [0.25, 0.3) is 5.91 Å². The number of pyridine rings is 1. The molecular weight excluding hydrogens is 571 g/mol. The fourth-order valence-corrected chi connectivity index (χ4v) is 6.33. The zero-order valence-corrected chi connectivity index (χ0v) is 24.1. The van der Waals surface area contributed by atoms with Gasteiger partial charge in [-0.3, -0.25) is 4.79 Å². The third kappa shape index (κ3) is 5.98. The third-order valence-corrected chi connectivity index (χ3v) is 8.54. The minimum atomic E-state index is -4.90. The molecule has 0 unspecified atom stereocenters. The lowest BCUT2D eigenvalue weighted by Gasteiger charge is -2.42. The standard InChI is InChI=1S/C30H33F5N6O2/c1-18-15-40(12-13-41(18)29(42)19(2)31)27-21-9-11-39(25-8-4-7-23(32)26(25)30(33,34)35)16-24(21)37-28(22(27)14-36)43-17-20-6-5-10-38(20)3/h4,7-8,18,20H,2,5-6,9-13,15-17H2,1,3H3/t18-,20+/m1/s1. The number of alkyl halides is 3. The molecule has 2 fully saturated rings. The minimum Gasteiger partial charge on any atom is -0.475 e. The molecular formula is C30H33F5N6O2. The number of fused-ring (bicyclic) bond motifs is 1. The van der Waals surface area contributed by atoms with Crippen LogP contribution >= 0.6 is 0 Å². The van der Waals surface area contributed by atoms with Crippen molar-refractivity contribution in [1.82, 2.24) is 14.8 Å². The topological polar surface area (TPSA) is 75.9 Å². The summed E-state index contributed by atoms with van der Waals surface area (Å²) in [4.78, 5) is 23.9. The first-order chi connectivity index (χ1) is 20.4. The number of nitriles is 1. The molecule has 230 valence electrons. The Morgan fingerprint density at radius 1 is 1.21 bits per heavy atom. The summed E-state index contributed by atoms with van der Waals surface area (Å²) in [7, 11) is 1.99. The van der Waals surface area contributed by atoms with Crippen LogP contribution in [-0.4, -0.2) is 79.2 Å². The van der Waals surface area contributed by atoms with E-state index in [1.54, 1.807) is 6.92 Å². The highest BCUT2D eigenvalue weighted by Crippen LogP contribution is 2.42. The van der Waals surface area contributed by atoms with Crippen molar-refractivity contribution in [2.75, 3.05) is 56.2 Å². The molecule has 2 saturated heterocycles. The number of anilines is 2. The van der Waals surface area contributed by atoms with Gasteiger partial charge < -0.3 is 24.3 Å². The molecule has 1 aromatic heterocycles. The predicted octanol–water partition coefficient (Wildman–Crippen LogP) is 4.67. The SMILES string of the molecule is C=C(F)C(=O)N1CCN(c2c(C#N)c(OC[C@@H]3CCCN3C)nc3c2CCN(c2cccc(F)c2C(F)(F)F)C3)C[C@H]1C. The van der Waals surface area contributed by atoms with Gasteiger partial charge in [-0.05, 0) is 51.9 Å². The lowest BCUT2D eigenvalue weighted by molar-refractivity contribution is -0.139. The summed E-state index contributed by atoms with van der Waals surface area (Å²) < 4.78 is 75.9. The van der Waals surface area contributed by atoms with E-state index in [9.17, 15) is 32.0 Å². The normalized spacial score (nSPS) is 21.0. The highest BCUT2D eigenvalue weighted by Gasteiger charge is 2.40. The summed E-state index contributed by atoms with van der Waals surface area (Å²) in [5.41, 5.74) is 0.248. The number of carbonyl (C=O) groups excluding carboxylic acids is 1. The van der Waals surface area contributed by atoms with Crippen molar-refractivity contribution in [3.8, 4) is 11.9 Å². The summed E-state index contributed by atoms with van der Waals surface area (Å²) in [6.07, 6.45) is -2.74. The maximum absolute atomic E-state index is 14.4. The van der Waals surface area contributed by atoms with E-state index in [4.69, 9.17) is 4.74 Å². The second kappa shape index (κ2) is 12.0. The Kier molecular flexibility index (Phi) is 8.51. The molecule has 0 saturated carbocycles. The van der Waals surface area contributed by atoms with Gasteiger partial charge in [0, 0.05) is 43.8 Å². The number of carbonyl (C=O) groups is 1. The Labute approximate surface area is 246 Å². The lowest BCUT2D eigenvalue weighted by atomic mass is 9.96. The first-order valence-electron chi connectivity index (χ1n) is 14.2. The average molecular weight is 605 g/mol. The maximum Gasteiger partial charge on any atom is 0.421 e. The highest BCUT2D eigenvalue weighted by molar-refractivity contribution is 5.91. The molecule has 0 bridgehead atoms. The average Bonchev–Trinajstić information content (AvgIpc) is 3.37. The van der Waals surface area contributed by atoms with Crippen molar-refractivity contribution >= 4 is 17.3 Å². The molecule has 0 N–H and O–H groups in total. The van der Waals surface area contributed by atoms with Crippen molar-refractivity contribution in [2.24, 2.45) is 0 Å². The van der Waals surface area contributed by atoms with Crippen molar-refractivity contribution in [3.63, 3.8) is 0 Å². The molecule has 8 nitrogen and oxygen atoms in total. The third-order valence-electron chi connectivity index (χ3n) is 8.54. The van der Waals surface area contributed by atoms with Crippen molar-refractivity contribution < 1.29 is 31.5 Å². The number of likely N-dealkylation sites (N-methyl/N-ethyl adjacent to an activating group) is 1. The van der Waals surface area contributed by atoms with Crippen LogP contribution < -0.4 is 14.5 Å². The number of amides is 1. The summed E-state index contributed by atoms with van der Waals surface area (Å²) in [6.45, 7) is 6.88. The van der Waals surface area contributed by atoms with E-state index in [1.807, 2.05) is 11.9 Å². The van der Waals surface area contributed by atoms with Crippen LogP contribution in [0.4, 0.5) is 33.3 Å². The van der Waals surface area contributed by atoms with Gasteiger partial charge in [-0.25, -0.2) is 13.8 Å². The van der Waals surface area contributed by atoms with Crippen LogP contribution in [0.15, 0.2) is 30.6 Å². The molecule has 3 aliphatic heterocycles. The van der Waals surface area contributed by atoms with E-state index < -0.39 is 35.3 Å². The van der Waals surface area contributed by atoms with Gasteiger partial charge in [-0.15, -0.1) is 0 Å². The van der Waals surface area contributed by atoms with Gasteiger partial charge in [-0.2, -0.15) is 18.4 Å². The van der Waals surface area contributed by atoms with Crippen LogP contribution in [0.5, 0.6) is 5.88 Å². The van der Waals surface area contributed by atoms with Gasteiger partial charge in [0.05, 0.1) is 23.6 Å². The van der Waals surface area contributed by atoms with E-state index in [-0.39, 0.29) is 68.9 Å². The number of likely N-dealkylation sites (tertiary alicyclic amines) is 1. The summed E-state index contributed by atoms with van der Waals surface area (Å²) >= 11 is 0. The van der Waals surface area contributed by atoms with Gasteiger partial charge in [-0.1, -0.05) is 12.6 Å². The molecule has 0 radical (unpaired) electrons. The highest BCUT2D eigenvalue weighted by atomic mass is 19.4. The van der Waals surface area contributed by atoms with E-state index in [0.717, 1.165) is 25.5 Å². The quantitative estimate of drug-likeness (QED) is 0.351. The molecule has 1 aromatic carbocycles. The van der Waals surface area contributed by atoms with E-state index in [1.165, 1.54) is 21.9 Å². The van der Waals surface area contributed by atoms with Gasteiger partial charge >= 0.3 is 6.18 Å². The van der Waals surface area contributed by atoms with E-state index in [0.29, 0.717) is 16.9 Å². The molecule has 2 atom stereocenters. The number of aromatic nitrogens is 1. The fourth-order valence-electron chi connectivity index (χ4n) is 6.33. The van der Waals surface area contributed by atoms with Crippen LogP contribution in [0.3, 0.4) is 0 Å². The predicted molar refractivity (Wildman–Crippen MR) is 150 cm³/mol.